The van der Waals surface area contributed by atoms with Gasteiger partial charge in [-0.2, -0.15) is 11.6 Å². The number of allylic oxidation sites excluding steroid dienone is 4. The number of thioether (sulfide) groups is 1. The van der Waals surface area contributed by atoms with Gasteiger partial charge in [0.1, 0.15) is 0 Å². The minimum absolute atomic E-state index is 0. The summed E-state index contributed by atoms with van der Waals surface area (Å²) < 4.78 is 29.5. The van der Waals surface area contributed by atoms with Crippen molar-refractivity contribution < 1.29 is 29.0 Å². The first-order valence-corrected chi connectivity index (χ1v) is 16.7. The maximum atomic E-state index is 7.71. The number of ether oxygens (including phenoxy) is 1. The van der Waals surface area contributed by atoms with E-state index in [0.717, 1.165) is 50.4 Å². The molecular formula is C35H49IrN3OS-4. The third-order valence-corrected chi connectivity index (χ3v) is 12.0. The van der Waals surface area contributed by atoms with Gasteiger partial charge in [0.2, 0.25) is 0 Å². The van der Waals surface area contributed by atoms with E-state index >= 15 is 0 Å². The predicted octanol–water partition coefficient (Wildman–Crippen LogP) is 9.19. The first kappa shape index (κ1) is 27.6. The Balaban J connectivity index is 0.000000204. The summed E-state index contributed by atoms with van der Waals surface area (Å²) in [7, 11) is 0. The van der Waals surface area contributed by atoms with Gasteiger partial charge < -0.3 is 21.1 Å². The molecule has 10 atom stereocenters. The molecule has 4 unspecified atom stereocenters. The second-order valence-corrected chi connectivity index (χ2v) is 14.8. The standard InChI is InChI=1S/C21H28N2OS.C14H21N.Ir/c1-11-7-8-15-14-5-4-6-16(20(14)24-21(15)23-11)19-18-12(2)13(3)25-17(18)9-10-22-19;1-10-4-6-13(7-5-10)14-8-11(2)12(3)9-15-14;/h6,9,12-15,18-19,21H,4-5,7-8,10H2,1-3H3;8,10-12H,4-6,9H2,1-3H3;/q2*-2;/t12-,13+,14?,15?,18?,19-,21?;10-,11+,12-;/m01./s1/i1D3;;. The molecule has 4 nitrogen and oxygen atoms in total. The Labute approximate surface area is 271 Å². The first-order chi connectivity index (χ1) is 20.5. The van der Waals surface area contributed by atoms with Crippen molar-refractivity contribution in [1.29, 1.82) is 0 Å². The Hall–Kier alpha value is -0.941. The van der Waals surface area contributed by atoms with Crippen molar-refractivity contribution in [3.05, 3.63) is 62.8 Å². The Morgan fingerprint density at radius 1 is 1.15 bits per heavy atom. The molecule has 1 radical (unpaired) electrons. The van der Waals surface area contributed by atoms with Crippen LogP contribution in [0, 0.1) is 53.9 Å². The number of rotatable bonds is 2. The molecule has 2 fully saturated rings. The van der Waals surface area contributed by atoms with Crippen LogP contribution in [0.25, 0.3) is 10.6 Å². The largest absolute Gasteiger partial charge is 0.769 e. The maximum absolute atomic E-state index is 7.71. The molecule has 0 aromatic carbocycles. The van der Waals surface area contributed by atoms with Crippen LogP contribution in [-0.4, -0.2) is 36.3 Å². The molecule has 2 saturated heterocycles. The zero-order chi connectivity index (χ0) is 30.5. The van der Waals surface area contributed by atoms with Crippen molar-refractivity contribution in [2.24, 2.45) is 46.4 Å². The zero-order valence-corrected chi connectivity index (χ0v) is 28.6. The minimum Gasteiger partial charge on any atom is -0.769 e. The average Bonchev–Trinajstić information content (AvgIpc) is 3.51. The number of hydrogen-bond donors (Lipinski definition) is 0. The second-order valence-electron chi connectivity index (χ2n) is 13.4. The molecule has 0 bridgehead atoms. The molecule has 5 heterocycles. The van der Waals surface area contributed by atoms with Crippen molar-refractivity contribution >= 4 is 17.5 Å². The molecule has 0 N–H and O–H groups in total. The van der Waals surface area contributed by atoms with Gasteiger partial charge in [-0.3, -0.25) is 11.1 Å². The van der Waals surface area contributed by atoms with Crippen LogP contribution in [0.1, 0.15) is 90.5 Å². The Morgan fingerprint density at radius 3 is 2.76 bits per heavy atom. The van der Waals surface area contributed by atoms with Crippen LogP contribution in [0.5, 0.6) is 0 Å². The van der Waals surface area contributed by atoms with Crippen LogP contribution in [0.3, 0.4) is 0 Å². The van der Waals surface area contributed by atoms with Gasteiger partial charge in [0.25, 0.3) is 0 Å². The molecule has 5 aliphatic heterocycles. The van der Waals surface area contributed by atoms with Crippen molar-refractivity contribution in [3.63, 3.8) is 0 Å². The van der Waals surface area contributed by atoms with E-state index in [-0.39, 0.29) is 32.4 Å². The normalized spacial score (nSPS) is 42.6. The Bertz CT molecular complexity index is 1230. The van der Waals surface area contributed by atoms with Gasteiger partial charge in [-0.05, 0) is 54.0 Å². The van der Waals surface area contributed by atoms with Crippen LogP contribution in [0.4, 0.5) is 0 Å². The van der Waals surface area contributed by atoms with E-state index in [4.69, 9.17) is 14.2 Å². The van der Waals surface area contributed by atoms with Crippen molar-refractivity contribution in [1.82, 2.24) is 0 Å². The molecule has 2 aliphatic carbocycles. The fourth-order valence-electron chi connectivity index (χ4n) is 7.51. The van der Waals surface area contributed by atoms with E-state index in [9.17, 15) is 0 Å². The third-order valence-electron chi connectivity index (χ3n) is 10.5. The summed E-state index contributed by atoms with van der Waals surface area (Å²) in [6.07, 6.45) is 17.4. The summed E-state index contributed by atoms with van der Waals surface area (Å²) in [4.78, 5) is 6.05. The summed E-state index contributed by atoms with van der Waals surface area (Å²) in [5.74, 6) is 5.01. The first-order valence-electron chi connectivity index (χ1n) is 17.3. The molecule has 0 spiro atoms. The van der Waals surface area contributed by atoms with Gasteiger partial charge in [-0.25, -0.2) is 12.0 Å². The summed E-state index contributed by atoms with van der Waals surface area (Å²) in [5, 5.41) is 10.3. The third kappa shape index (κ3) is 6.47. The zero-order valence-electron chi connectivity index (χ0n) is 28.4. The summed E-state index contributed by atoms with van der Waals surface area (Å²) in [6.45, 7) is 11.2. The monoisotopic (exact) mass is 755 g/mol. The minimum atomic E-state index is -2.10. The van der Waals surface area contributed by atoms with Crippen LogP contribution in [0.2, 0.25) is 0 Å². The fraction of sp³-hybridized carbons (Fsp3) is 0.714. The van der Waals surface area contributed by atoms with E-state index in [1.165, 1.54) is 34.6 Å². The molecule has 229 valence electrons. The number of aliphatic imine (C=N–C) groups is 1. The molecule has 0 aromatic rings. The van der Waals surface area contributed by atoms with E-state index in [1.54, 1.807) is 0 Å². The van der Waals surface area contributed by atoms with Crippen molar-refractivity contribution in [2.75, 3.05) is 13.1 Å². The van der Waals surface area contributed by atoms with Gasteiger partial charge in [0, 0.05) is 41.1 Å². The van der Waals surface area contributed by atoms with Crippen LogP contribution in [0.15, 0.2) is 44.7 Å². The predicted molar refractivity (Wildman–Crippen MR) is 169 cm³/mol. The van der Waals surface area contributed by atoms with Crippen molar-refractivity contribution in [2.45, 2.75) is 104 Å². The molecule has 0 aromatic heterocycles. The molecular weight excluding hydrogens is 703 g/mol. The second kappa shape index (κ2) is 13.4. The topological polar surface area (TPSA) is 49.8 Å². The van der Waals surface area contributed by atoms with Crippen LogP contribution < -0.4 is 0 Å². The molecule has 7 rings (SSSR count). The van der Waals surface area contributed by atoms with Gasteiger partial charge in [-0.1, -0.05) is 71.8 Å². The van der Waals surface area contributed by atoms with E-state index in [0.29, 0.717) is 52.9 Å². The Kier molecular flexibility index (Phi) is 9.00. The number of fused-ring (bicyclic) bond motifs is 4. The number of hydrogen-bond acceptors (Lipinski definition) is 3. The molecule has 7 aliphatic rings. The van der Waals surface area contributed by atoms with E-state index in [2.05, 4.69) is 69.6 Å². The Morgan fingerprint density at radius 2 is 2.00 bits per heavy atom. The SMILES string of the molecule is C[C@H]1C[C-]=C(C2=C[C@H](C)[C@H](C)C[N-]2)CC1.[2H]C([2H])([2H])C1=NC2OC3=C([C@@H]4[N-]CC=C5S[C@H](C)[C@H](C)C54)[CH-]CCC3C2CC1.[Ir]. The molecule has 41 heavy (non-hydrogen) atoms. The van der Waals surface area contributed by atoms with E-state index < -0.39 is 6.85 Å². The van der Waals surface area contributed by atoms with Gasteiger partial charge in [0.05, 0.1) is 0 Å². The molecule has 0 saturated carbocycles. The van der Waals surface area contributed by atoms with Crippen LogP contribution >= 0.6 is 11.8 Å². The fourth-order valence-corrected chi connectivity index (χ4v) is 8.99. The van der Waals surface area contributed by atoms with Gasteiger partial charge >= 0.3 is 0 Å². The van der Waals surface area contributed by atoms with E-state index in [1.807, 2.05) is 11.8 Å². The van der Waals surface area contributed by atoms with Gasteiger partial charge in [0.15, 0.2) is 6.23 Å². The quantitative estimate of drug-likeness (QED) is 0.264. The molecule has 6 heteroatoms. The summed E-state index contributed by atoms with van der Waals surface area (Å²) in [6, 6.07) is 0.177. The smallest absolute Gasteiger partial charge is 0.171 e. The average molecular weight is 755 g/mol. The van der Waals surface area contributed by atoms with Crippen LogP contribution in [-0.2, 0) is 24.8 Å². The summed E-state index contributed by atoms with van der Waals surface area (Å²) in [5.41, 5.74) is 4.23. The molecule has 0 amide bonds. The van der Waals surface area contributed by atoms with Gasteiger partial charge in [-0.15, -0.1) is 43.7 Å². The summed E-state index contributed by atoms with van der Waals surface area (Å²) >= 11 is 2.01. The maximum Gasteiger partial charge on any atom is 0.171 e. The van der Waals surface area contributed by atoms with Crippen molar-refractivity contribution in [3.8, 4) is 0 Å². The number of nitrogens with zero attached hydrogens (tertiary/aromatic N) is 3.